The fraction of sp³-hybridized carbons (Fsp3) is 0.750. The highest BCUT2D eigenvalue weighted by Crippen LogP contribution is 2.35. The second kappa shape index (κ2) is 3.63. The maximum absolute atomic E-state index is 5.63. The Bertz CT molecular complexity index is 363. The van der Waals surface area contributed by atoms with Crippen LogP contribution in [0.2, 0.25) is 0 Å². The average molecular weight is 207 g/mol. The van der Waals surface area contributed by atoms with Gasteiger partial charge in [0.05, 0.1) is 5.69 Å². The van der Waals surface area contributed by atoms with E-state index in [1.54, 1.807) is 0 Å². The highest BCUT2D eigenvalue weighted by atomic mass is 15.3. The summed E-state index contributed by atoms with van der Waals surface area (Å²) in [5.74, 6) is 0. The molecule has 0 atom stereocenters. The monoisotopic (exact) mass is 207 g/mol. The summed E-state index contributed by atoms with van der Waals surface area (Å²) in [4.78, 5) is 0. The Balaban J connectivity index is 2.35. The van der Waals surface area contributed by atoms with Crippen molar-refractivity contribution in [3.8, 4) is 0 Å². The van der Waals surface area contributed by atoms with Gasteiger partial charge in [0, 0.05) is 19.2 Å². The number of hydrogen-bond acceptors (Lipinski definition) is 2. The van der Waals surface area contributed by atoms with E-state index in [1.807, 2.05) is 11.7 Å². The van der Waals surface area contributed by atoms with Crippen molar-refractivity contribution in [2.24, 2.45) is 18.2 Å². The molecule has 1 aromatic rings. The van der Waals surface area contributed by atoms with Crippen LogP contribution in [0.1, 0.15) is 37.2 Å². The van der Waals surface area contributed by atoms with E-state index in [4.69, 9.17) is 5.73 Å². The van der Waals surface area contributed by atoms with E-state index in [9.17, 15) is 0 Å². The van der Waals surface area contributed by atoms with Crippen molar-refractivity contribution in [3.63, 3.8) is 0 Å². The Morgan fingerprint density at radius 2 is 2.20 bits per heavy atom. The van der Waals surface area contributed by atoms with E-state index in [1.165, 1.54) is 29.8 Å². The molecule has 0 aromatic carbocycles. The molecule has 0 spiro atoms. The summed E-state index contributed by atoms with van der Waals surface area (Å²) in [7, 11) is 2.04. The number of nitrogens with two attached hydrogens (primary N) is 1. The Hall–Kier alpha value is -0.830. The lowest BCUT2D eigenvalue weighted by atomic mass is 9.76. The summed E-state index contributed by atoms with van der Waals surface area (Å²) in [6, 6.07) is 0. The third kappa shape index (κ3) is 1.93. The first-order valence-corrected chi connectivity index (χ1v) is 5.77. The number of nitrogens with zero attached hydrogens (tertiary/aromatic N) is 2. The van der Waals surface area contributed by atoms with E-state index in [0.717, 1.165) is 19.4 Å². The molecule has 2 N–H and O–H groups in total. The molecule has 3 nitrogen and oxygen atoms in total. The second-order valence-corrected chi connectivity index (χ2v) is 5.38. The van der Waals surface area contributed by atoms with Crippen LogP contribution < -0.4 is 5.73 Å². The van der Waals surface area contributed by atoms with Crippen molar-refractivity contribution >= 4 is 0 Å². The Morgan fingerprint density at radius 3 is 2.87 bits per heavy atom. The standard InChI is InChI=1S/C12H21N3/c1-12(2)6-4-9-10(8-12)14-15(3)11(9)5-7-13/h4-8,13H2,1-3H3. The molecule has 0 radical (unpaired) electrons. The molecule has 0 saturated heterocycles. The fourth-order valence-electron chi connectivity index (χ4n) is 2.55. The molecular formula is C12H21N3. The molecule has 1 aromatic heterocycles. The molecule has 0 amide bonds. The minimum atomic E-state index is 0.418. The van der Waals surface area contributed by atoms with Gasteiger partial charge in [0.1, 0.15) is 0 Å². The van der Waals surface area contributed by atoms with Crippen molar-refractivity contribution in [2.75, 3.05) is 6.54 Å². The number of hydrogen-bond donors (Lipinski definition) is 1. The van der Waals surface area contributed by atoms with Gasteiger partial charge >= 0.3 is 0 Å². The summed E-state index contributed by atoms with van der Waals surface area (Å²) >= 11 is 0. The normalized spacial score (nSPS) is 18.9. The number of fused-ring (bicyclic) bond motifs is 1. The summed E-state index contributed by atoms with van der Waals surface area (Å²) in [6.07, 6.45) is 4.51. The van der Waals surface area contributed by atoms with Gasteiger partial charge in [-0.05, 0) is 36.8 Å². The minimum absolute atomic E-state index is 0.418. The summed E-state index contributed by atoms with van der Waals surface area (Å²) in [5.41, 5.74) is 10.2. The van der Waals surface area contributed by atoms with Gasteiger partial charge in [0.15, 0.2) is 0 Å². The smallest absolute Gasteiger partial charge is 0.0664 e. The molecular weight excluding hydrogens is 186 g/mol. The molecule has 2 rings (SSSR count). The molecule has 1 aliphatic carbocycles. The van der Waals surface area contributed by atoms with Gasteiger partial charge in [-0.15, -0.1) is 0 Å². The van der Waals surface area contributed by atoms with Gasteiger partial charge in [0.25, 0.3) is 0 Å². The lowest BCUT2D eigenvalue weighted by molar-refractivity contribution is 0.311. The van der Waals surface area contributed by atoms with Crippen molar-refractivity contribution in [3.05, 3.63) is 17.0 Å². The van der Waals surface area contributed by atoms with Crippen LogP contribution in [0.3, 0.4) is 0 Å². The van der Waals surface area contributed by atoms with Gasteiger partial charge in [-0.3, -0.25) is 4.68 Å². The van der Waals surface area contributed by atoms with Crippen molar-refractivity contribution in [1.82, 2.24) is 9.78 Å². The van der Waals surface area contributed by atoms with Crippen molar-refractivity contribution in [1.29, 1.82) is 0 Å². The van der Waals surface area contributed by atoms with Crippen LogP contribution in [0.15, 0.2) is 0 Å². The lowest BCUT2D eigenvalue weighted by Crippen LogP contribution is -2.22. The van der Waals surface area contributed by atoms with Crippen molar-refractivity contribution in [2.45, 2.75) is 39.5 Å². The van der Waals surface area contributed by atoms with E-state index in [-0.39, 0.29) is 0 Å². The number of aromatic nitrogens is 2. The molecule has 3 heteroatoms. The van der Waals surface area contributed by atoms with Crippen LogP contribution in [0.4, 0.5) is 0 Å². The summed E-state index contributed by atoms with van der Waals surface area (Å²) in [6.45, 7) is 5.37. The van der Waals surface area contributed by atoms with Crippen LogP contribution in [0, 0.1) is 5.41 Å². The quantitative estimate of drug-likeness (QED) is 0.797. The summed E-state index contributed by atoms with van der Waals surface area (Å²) in [5, 5.41) is 4.63. The molecule has 15 heavy (non-hydrogen) atoms. The highest BCUT2D eigenvalue weighted by molar-refractivity contribution is 5.30. The van der Waals surface area contributed by atoms with Gasteiger partial charge < -0.3 is 5.73 Å². The van der Waals surface area contributed by atoms with Gasteiger partial charge in [-0.1, -0.05) is 13.8 Å². The zero-order valence-corrected chi connectivity index (χ0v) is 10.0. The van der Waals surface area contributed by atoms with Crippen LogP contribution in [-0.2, 0) is 26.3 Å². The fourth-order valence-corrected chi connectivity index (χ4v) is 2.55. The Morgan fingerprint density at radius 1 is 1.47 bits per heavy atom. The van der Waals surface area contributed by atoms with E-state index in [0.29, 0.717) is 5.41 Å². The lowest BCUT2D eigenvalue weighted by Gasteiger charge is -2.28. The van der Waals surface area contributed by atoms with Crippen molar-refractivity contribution < 1.29 is 0 Å². The maximum Gasteiger partial charge on any atom is 0.0664 e. The zero-order valence-electron chi connectivity index (χ0n) is 10.0. The van der Waals surface area contributed by atoms with Crippen LogP contribution in [-0.4, -0.2) is 16.3 Å². The zero-order chi connectivity index (χ0) is 11.1. The molecule has 0 bridgehead atoms. The average Bonchev–Trinajstić information content (AvgIpc) is 2.41. The highest BCUT2D eigenvalue weighted by Gasteiger charge is 2.29. The molecule has 0 aliphatic heterocycles. The minimum Gasteiger partial charge on any atom is -0.330 e. The van der Waals surface area contributed by atoms with Crippen LogP contribution in [0.5, 0.6) is 0 Å². The van der Waals surface area contributed by atoms with E-state index < -0.39 is 0 Å². The van der Waals surface area contributed by atoms with E-state index >= 15 is 0 Å². The van der Waals surface area contributed by atoms with Gasteiger partial charge in [0.2, 0.25) is 0 Å². The van der Waals surface area contributed by atoms with Crippen LogP contribution >= 0.6 is 0 Å². The first kappa shape index (κ1) is 10.7. The van der Waals surface area contributed by atoms with E-state index in [2.05, 4.69) is 18.9 Å². The molecule has 0 unspecified atom stereocenters. The molecule has 84 valence electrons. The molecule has 1 aliphatic rings. The number of aryl methyl sites for hydroxylation is 1. The topological polar surface area (TPSA) is 43.8 Å². The summed E-state index contributed by atoms with van der Waals surface area (Å²) < 4.78 is 2.03. The predicted octanol–water partition coefficient (Wildman–Crippen LogP) is 1.44. The molecule has 0 saturated carbocycles. The largest absolute Gasteiger partial charge is 0.330 e. The second-order valence-electron chi connectivity index (χ2n) is 5.38. The Kier molecular flexibility index (Phi) is 2.59. The third-order valence-electron chi connectivity index (χ3n) is 3.44. The van der Waals surface area contributed by atoms with Gasteiger partial charge in [-0.25, -0.2) is 0 Å². The predicted molar refractivity (Wildman–Crippen MR) is 61.8 cm³/mol. The van der Waals surface area contributed by atoms with Gasteiger partial charge in [-0.2, -0.15) is 5.10 Å². The first-order chi connectivity index (χ1) is 7.03. The Labute approximate surface area is 91.7 Å². The first-order valence-electron chi connectivity index (χ1n) is 5.77. The van der Waals surface area contributed by atoms with Crippen LogP contribution in [0.25, 0.3) is 0 Å². The molecule has 1 heterocycles. The third-order valence-corrected chi connectivity index (χ3v) is 3.44. The SMILES string of the molecule is Cn1nc2c(c1CCN)CCC(C)(C)C2. The molecule has 0 fully saturated rings. The maximum atomic E-state index is 5.63. The number of rotatable bonds is 2.